The van der Waals surface area contributed by atoms with Crippen LogP contribution in [-0.4, -0.2) is 167 Å². The molecule has 42 heavy (non-hydrogen) atoms. The molecular weight excluding hydrogens is 1280 g/mol. The molecule has 0 spiro atoms. The molecule has 0 saturated heterocycles. The Bertz CT molecular complexity index is 753. The van der Waals surface area contributed by atoms with E-state index in [0.29, 0.717) is 0 Å². The largest absolute Gasteiger partial charge is 0.0622 e. The van der Waals surface area contributed by atoms with Crippen LogP contribution in [0.15, 0.2) is 60.7 Å². The Morgan fingerprint density at radius 2 is 0.381 bits per heavy atom. The van der Waals surface area contributed by atoms with Crippen molar-refractivity contribution in [1.29, 1.82) is 0 Å². The van der Waals surface area contributed by atoms with Crippen LogP contribution in [0.5, 0.6) is 0 Å². The fourth-order valence-electron chi connectivity index (χ4n) is 1.26. The summed E-state index contributed by atoms with van der Waals surface area (Å²) in [5.74, 6) is 0. The molecule has 0 saturated carbocycles. The summed E-state index contributed by atoms with van der Waals surface area (Å²) in [5, 5.41) is 0. The zero-order valence-corrected chi connectivity index (χ0v) is 35.0. The summed E-state index contributed by atoms with van der Waals surface area (Å²) in [7, 11) is 0. The molecule has 2 aromatic carbocycles. The van der Waals surface area contributed by atoms with E-state index in [1.165, 1.54) is 11.1 Å². The molecule has 0 aliphatic rings. The van der Waals surface area contributed by atoms with E-state index >= 15 is 0 Å². The molecule has 0 aliphatic heterocycles. The summed E-state index contributed by atoms with van der Waals surface area (Å²) < 4.78 is 140. The first-order valence-electron chi connectivity index (χ1n) is 7.57. The smallest absolute Gasteiger partial charge is 0.0184 e. The predicted octanol–water partition coefficient (Wildman–Crippen LogP) is -5.41. The zero-order valence-electron chi connectivity index (χ0n) is 19.7. The van der Waals surface area contributed by atoms with Crippen molar-refractivity contribution in [3.8, 4) is 11.1 Å². The van der Waals surface area contributed by atoms with Crippen LogP contribution in [0.1, 0.15) is 0 Å². The minimum absolute atomic E-state index is 0. The van der Waals surface area contributed by atoms with E-state index in [9.17, 15) is 0 Å². The van der Waals surface area contributed by atoms with Crippen molar-refractivity contribution in [2.45, 2.75) is 0 Å². The first-order chi connectivity index (χ1) is 16.4. The molecule has 0 aliphatic carbocycles. The van der Waals surface area contributed by atoms with Gasteiger partial charge in [-0.05, 0) is 11.1 Å². The summed E-state index contributed by atoms with van der Waals surface area (Å²) in [6.45, 7) is 0. The maximum absolute atomic E-state index is 8.82. The first kappa shape index (κ1) is 74.2. The van der Waals surface area contributed by atoms with Gasteiger partial charge in [-0.3, -0.25) is 28.2 Å². The molecule has 0 amide bonds. The molecule has 2 rings (SSSR count). The van der Waals surface area contributed by atoms with Gasteiger partial charge in [0.15, 0.2) is 0 Å². The Hall–Kier alpha value is 1.25. The van der Waals surface area contributed by atoms with E-state index in [0.717, 1.165) is 0 Å². The first-order valence-corrected chi connectivity index (χ1v) is 27.5. The van der Waals surface area contributed by atoms with Gasteiger partial charge in [-0.1, -0.05) is 60.7 Å². The Labute approximate surface area is 281 Å². The summed E-state index contributed by atoms with van der Waals surface area (Å²) in [6, 6.07) is 20.8. The van der Waals surface area contributed by atoms with Crippen LogP contribution < -0.4 is 0 Å². The van der Waals surface area contributed by atoms with Crippen molar-refractivity contribution in [2.75, 3.05) is 0 Å². The number of rotatable bonds is 1. The van der Waals surface area contributed by atoms with E-state index in [2.05, 4.69) is 48.5 Å². The molecule has 0 fully saturated rings. The quantitative estimate of drug-likeness (QED) is 0.0937. The molecule has 18 nitrogen and oxygen atoms in total. The standard InChI is InChI=1S/C12H10.6FH.12H2O.6O.6Sb/c1-3-7-11(8-4-1)12-9-5-2-6-10-12;;;;;;;;;;;;;;;;;;;;;;;;;;;;;;/h1-10H;6*1H;12*1H2;;;;;;;;;;;;/q;;;;;;;;;;;;;;;;;;;;;;;;;6*+2/p-12. The minimum atomic E-state index is -3.70. The van der Waals surface area contributed by atoms with Crippen LogP contribution in [0.2, 0.25) is 0 Å². The zero-order chi connectivity index (χ0) is 29.7. The van der Waals surface area contributed by atoms with Gasteiger partial charge in [0.2, 0.25) is 0 Å². The van der Waals surface area contributed by atoms with Gasteiger partial charge in [-0.2, -0.15) is 0 Å². The van der Waals surface area contributed by atoms with E-state index in [-0.39, 0.29) is 28.2 Å². The summed E-state index contributed by atoms with van der Waals surface area (Å²) in [4.78, 5) is 0. The topological polar surface area (TPSA) is 345 Å². The molecule has 30 heteroatoms. The Balaban J connectivity index is -0.0000000312. The second-order valence-electron chi connectivity index (χ2n) is 4.25. The maximum atomic E-state index is 8.82. The molecule has 12 N–H and O–H groups in total. The molecular formula is C12H28F6O18Sb6. The van der Waals surface area contributed by atoms with Gasteiger partial charge in [-0.25, -0.2) is 0 Å². The van der Waals surface area contributed by atoms with Crippen molar-refractivity contribution in [3.05, 3.63) is 60.7 Å². The van der Waals surface area contributed by atoms with Crippen LogP contribution in [-0.2, 0) is 18.1 Å². The predicted molar refractivity (Wildman–Crippen MR) is 132 cm³/mol. The number of hydrogen-bond acceptors (Lipinski definition) is 6. The van der Waals surface area contributed by atoms with E-state index < -0.39 is 126 Å². The molecule has 0 atom stereocenters. The van der Waals surface area contributed by atoms with Gasteiger partial charge < -0.3 is 0 Å². The molecule has 256 valence electrons. The summed E-state index contributed by atoms with van der Waals surface area (Å²) >= 11 is -22.2. The van der Waals surface area contributed by atoms with E-state index in [4.69, 9.17) is 58.7 Å². The number of hydrogen-bond donors (Lipinski definition) is 12. The van der Waals surface area contributed by atoms with Gasteiger partial charge in [0.25, 0.3) is 0 Å². The average molecular weight is 1300 g/mol. The van der Waals surface area contributed by atoms with Crippen molar-refractivity contribution < 1.29 is 87.0 Å². The fourth-order valence-corrected chi connectivity index (χ4v) is 1.26. The third-order valence-corrected chi connectivity index (χ3v) is 1.88. The van der Waals surface area contributed by atoms with E-state index in [1.807, 2.05) is 12.1 Å². The second-order valence-corrected chi connectivity index (χ2v) is 12.9. The van der Waals surface area contributed by atoms with Crippen LogP contribution in [0.4, 0.5) is 28.2 Å². The molecule has 0 bridgehead atoms. The molecule has 0 heterocycles. The molecule has 0 aromatic heterocycles. The normalized spacial score (nSPS) is 6.48. The second kappa shape index (κ2) is 57.9. The number of halogens is 6. The van der Waals surface area contributed by atoms with Gasteiger partial charge in [0.1, 0.15) is 0 Å². The number of benzene rings is 2. The third kappa shape index (κ3) is 148. The van der Waals surface area contributed by atoms with Gasteiger partial charge >= 0.3 is 185 Å². The Kier molecular flexibility index (Phi) is 102. The molecule has 0 unspecified atom stereocenters. The van der Waals surface area contributed by atoms with Crippen molar-refractivity contribution in [3.63, 3.8) is 0 Å². The van der Waals surface area contributed by atoms with E-state index in [1.54, 1.807) is 0 Å². The third-order valence-electron chi connectivity index (χ3n) is 1.88. The van der Waals surface area contributed by atoms with Crippen LogP contribution in [0.3, 0.4) is 0 Å². The van der Waals surface area contributed by atoms with Gasteiger partial charge in [-0.15, -0.1) is 0 Å². The summed E-state index contributed by atoms with van der Waals surface area (Å²) in [5.41, 5.74) is 2.55. The van der Waals surface area contributed by atoms with Gasteiger partial charge in [0, 0.05) is 0 Å². The Morgan fingerprint density at radius 1 is 0.286 bits per heavy atom. The van der Waals surface area contributed by atoms with Gasteiger partial charge in [0.05, 0.1) is 0 Å². The van der Waals surface area contributed by atoms with Crippen LogP contribution in [0, 0.1) is 0 Å². The van der Waals surface area contributed by atoms with Crippen molar-refractivity contribution in [1.82, 2.24) is 0 Å². The average Bonchev–Trinajstić information content (AvgIpc) is 2.67. The van der Waals surface area contributed by atoms with Crippen LogP contribution in [0.25, 0.3) is 11.1 Å². The fraction of sp³-hybridized carbons (Fsp3) is 0. The van der Waals surface area contributed by atoms with Crippen LogP contribution >= 0.6 is 0 Å². The molecule has 2 aromatic rings. The summed E-state index contributed by atoms with van der Waals surface area (Å²) in [6.07, 6.45) is 0. The van der Waals surface area contributed by atoms with Crippen molar-refractivity contribution in [2.24, 2.45) is 0 Å². The minimum Gasteiger partial charge on any atom is -0.0622 e. The SMILES string of the molecule is F.F.F.F.F.F.[O]=[Sb]([OH])[OH].[O]=[Sb]([OH])[OH].[O]=[Sb]([OH])[OH].[O]=[Sb]([OH])[OH].[O]=[Sb]([OH])[OH].[O]=[Sb]([OH])[OH].c1ccc(-c2ccccc2)cc1. The Morgan fingerprint density at radius 3 is 0.476 bits per heavy atom. The maximum Gasteiger partial charge on any atom is -0.0184 e. The van der Waals surface area contributed by atoms with Crippen molar-refractivity contribution >= 4 is 126 Å². The monoisotopic (exact) mass is 1300 g/mol. The molecule has 6 radical (unpaired) electrons.